The first kappa shape index (κ1) is 14.6. The van der Waals surface area contributed by atoms with Gasteiger partial charge in [-0.1, -0.05) is 58.4 Å². The molecule has 0 aromatic heterocycles. The first-order valence-corrected chi connectivity index (χ1v) is 7.67. The molecule has 1 aliphatic rings. The van der Waals surface area contributed by atoms with E-state index in [-0.39, 0.29) is 5.41 Å². The number of hydrogen-bond donors (Lipinski definition) is 1. The molecule has 2 rings (SSSR count). The Bertz CT molecular complexity index is 404. The Morgan fingerprint density at radius 3 is 2.16 bits per heavy atom. The highest BCUT2D eigenvalue weighted by molar-refractivity contribution is 5.34. The van der Waals surface area contributed by atoms with Crippen LogP contribution >= 0.6 is 0 Å². The molecule has 0 spiro atoms. The van der Waals surface area contributed by atoms with E-state index in [4.69, 9.17) is 0 Å². The summed E-state index contributed by atoms with van der Waals surface area (Å²) in [5.41, 5.74) is 3.60. The Morgan fingerprint density at radius 2 is 1.74 bits per heavy atom. The van der Waals surface area contributed by atoms with Gasteiger partial charge in [-0.25, -0.2) is 0 Å². The van der Waals surface area contributed by atoms with Crippen LogP contribution in [0, 0.1) is 5.92 Å². The van der Waals surface area contributed by atoms with Crippen LogP contribution in [0.5, 0.6) is 0 Å². The normalized spacial score (nSPS) is 27.1. The van der Waals surface area contributed by atoms with E-state index in [0.717, 1.165) is 12.5 Å². The molecule has 1 N–H and O–H groups in total. The monoisotopic (exact) mass is 259 g/mol. The maximum Gasteiger partial charge on any atom is 0.00829 e. The number of likely N-dealkylation sites (N-methyl/N-ethyl adjacent to an activating group) is 1. The molecule has 1 saturated carbocycles. The number of hydrogen-bond acceptors (Lipinski definition) is 1. The first-order valence-electron chi connectivity index (χ1n) is 7.67. The van der Waals surface area contributed by atoms with Crippen LogP contribution in [0.1, 0.15) is 58.1 Å². The van der Waals surface area contributed by atoms with Crippen molar-refractivity contribution in [1.29, 1.82) is 0 Å². The zero-order valence-corrected chi connectivity index (χ0v) is 13.2. The van der Waals surface area contributed by atoms with E-state index >= 15 is 0 Å². The summed E-state index contributed by atoms with van der Waals surface area (Å²) in [7, 11) is 2.07. The Morgan fingerprint density at radius 1 is 1.16 bits per heavy atom. The first-order chi connectivity index (χ1) is 8.91. The average molecular weight is 259 g/mol. The summed E-state index contributed by atoms with van der Waals surface area (Å²) >= 11 is 0. The third-order valence-electron chi connectivity index (χ3n) is 4.81. The van der Waals surface area contributed by atoms with E-state index in [0.29, 0.717) is 5.41 Å². The maximum absolute atomic E-state index is 3.40. The third-order valence-corrected chi connectivity index (χ3v) is 4.81. The Kier molecular flexibility index (Phi) is 4.06. The van der Waals surface area contributed by atoms with Crippen LogP contribution in [-0.2, 0) is 10.8 Å². The van der Waals surface area contributed by atoms with Gasteiger partial charge in [-0.2, -0.15) is 0 Å². The van der Waals surface area contributed by atoms with Crippen LogP contribution in [-0.4, -0.2) is 13.6 Å². The van der Waals surface area contributed by atoms with Crippen molar-refractivity contribution in [3.63, 3.8) is 0 Å². The van der Waals surface area contributed by atoms with Gasteiger partial charge in [-0.05, 0) is 42.3 Å². The summed E-state index contributed by atoms with van der Waals surface area (Å²) in [5, 5.41) is 3.40. The molecule has 0 atom stereocenters. The Labute approximate surface area is 118 Å². The standard InChI is InChI=1S/C18H29N/c1-6-14-11-18(12-14,13-19-5)16-9-7-15(8-10-16)17(2,3)4/h7-10,14,19H,6,11-13H2,1-5H3. The fourth-order valence-corrected chi connectivity index (χ4v) is 3.48. The van der Waals surface area contributed by atoms with Crippen LogP contribution in [0.4, 0.5) is 0 Å². The van der Waals surface area contributed by atoms with Crippen molar-refractivity contribution in [3.8, 4) is 0 Å². The molecule has 1 heteroatoms. The molecule has 0 amide bonds. The van der Waals surface area contributed by atoms with E-state index < -0.39 is 0 Å². The molecule has 1 nitrogen and oxygen atoms in total. The lowest BCUT2D eigenvalue weighted by Gasteiger charge is -2.48. The molecule has 0 bridgehead atoms. The van der Waals surface area contributed by atoms with Gasteiger partial charge in [0.25, 0.3) is 0 Å². The van der Waals surface area contributed by atoms with Crippen LogP contribution in [0.3, 0.4) is 0 Å². The average Bonchev–Trinajstić information content (AvgIpc) is 2.32. The van der Waals surface area contributed by atoms with Gasteiger partial charge in [-0.15, -0.1) is 0 Å². The molecule has 106 valence electrons. The highest BCUT2D eigenvalue weighted by Gasteiger charge is 2.43. The minimum Gasteiger partial charge on any atom is -0.319 e. The number of rotatable bonds is 4. The molecule has 1 fully saturated rings. The fourth-order valence-electron chi connectivity index (χ4n) is 3.48. The van der Waals surface area contributed by atoms with Gasteiger partial charge in [-0.3, -0.25) is 0 Å². The SMILES string of the molecule is CCC1CC(CNC)(c2ccc(C(C)(C)C)cc2)C1. The van der Waals surface area contributed by atoms with Crippen molar-refractivity contribution in [3.05, 3.63) is 35.4 Å². The molecule has 0 aliphatic heterocycles. The van der Waals surface area contributed by atoms with Crippen molar-refractivity contribution in [1.82, 2.24) is 5.32 Å². The van der Waals surface area contributed by atoms with Crippen LogP contribution in [0.15, 0.2) is 24.3 Å². The molecule has 0 heterocycles. The lowest BCUT2D eigenvalue weighted by atomic mass is 9.57. The van der Waals surface area contributed by atoms with Gasteiger partial charge in [0, 0.05) is 12.0 Å². The molecule has 1 aromatic carbocycles. The van der Waals surface area contributed by atoms with Crippen molar-refractivity contribution >= 4 is 0 Å². The smallest absolute Gasteiger partial charge is 0.00829 e. The van der Waals surface area contributed by atoms with Crippen LogP contribution in [0.25, 0.3) is 0 Å². The summed E-state index contributed by atoms with van der Waals surface area (Å²) in [6, 6.07) is 9.38. The minimum absolute atomic E-state index is 0.250. The molecular weight excluding hydrogens is 230 g/mol. The zero-order valence-electron chi connectivity index (χ0n) is 13.2. The van der Waals surface area contributed by atoms with E-state index in [1.807, 2.05) is 0 Å². The van der Waals surface area contributed by atoms with Crippen molar-refractivity contribution in [2.24, 2.45) is 5.92 Å². The predicted molar refractivity (Wildman–Crippen MR) is 83.8 cm³/mol. The quantitative estimate of drug-likeness (QED) is 0.852. The van der Waals surface area contributed by atoms with Crippen molar-refractivity contribution in [2.75, 3.05) is 13.6 Å². The lowest BCUT2D eigenvalue weighted by Crippen LogP contribution is -2.47. The van der Waals surface area contributed by atoms with Crippen LogP contribution in [0.2, 0.25) is 0 Å². The van der Waals surface area contributed by atoms with E-state index in [9.17, 15) is 0 Å². The summed E-state index contributed by atoms with van der Waals surface area (Å²) in [4.78, 5) is 0. The van der Waals surface area contributed by atoms with Gasteiger partial charge in [0.05, 0.1) is 0 Å². The second kappa shape index (κ2) is 5.28. The molecule has 1 aliphatic carbocycles. The second-order valence-corrected chi connectivity index (χ2v) is 7.32. The second-order valence-electron chi connectivity index (χ2n) is 7.32. The summed E-state index contributed by atoms with van der Waals surface area (Å²) in [5.74, 6) is 0.927. The third kappa shape index (κ3) is 2.86. The highest BCUT2D eigenvalue weighted by Crippen LogP contribution is 2.48. The topological polar surface area (TPSA) is 12.0 Å². The fraction of sp³-hybridized carbons (Fsp3) is 0.667. The largest absolute Gasteiger partial charge is 0.319 e. The summed E-state index contributed by atoms with van der Waals surface area (Å²) < 4.78 is 0. The Hall–Kier alpha value is -0.820. The molecule has 1 aromatic rings. The van der Waals surface area contributed by atoms with Gasteiger partial charge >= 0.3 is 0 Å². The number of benzene rings is 1. The number of nitrogens with one attached hydrogen (secondary N) is 1. The molecular formula is C18H29N. The van der Waals surface area contributed by atoms with E-state index in [1.165, 1.54) is 30.4 Å². The highest BCUT2D eigenvalue weighted by atomic mass is 14.8. The summed E-state index contributed by atoms with van der Waals surface area (Å²) in [6.07, 6.45) is 4.02. The van der Waals surface area contributed by atoms with Gasteiger partial charge in [0.1, 0.15) is 0 Å². The zero-order chi connectivity index (χ0) is 14.1. The van der Waals surface area contributed by atoms with Crippen LogP contribution < -0.4 is 5.32 Å². The molecule has 19 heavy (non-hydrogen) atoms. The summed E-state index contributed by atoms with van der Waals surface area (Å²) in [6.45, 7) is 10.3. The molecule has 0 saturated heterocycles. The van der Waals surface area contributed by atoms with Crippen molar-refractivity contribution in [2.45, 2.75) is 57.8 Å². The van der Waals surface area contributed by atoms with E-state index in [1.54, 1.807) is 0 Å². The van der Waals surface area contributed by atoms with Gasteiger partial charge < -0.3 is 5.32 Å². The van der Waals surface area contributed by atoms with Crippen molar-refractivity contribution < 1.29 is 0 Å². The van der Waals surface area contributed by atoms with Gasteiger partial charge in [0.2, 0.25) is 0 Å². The van der Waals surface area contributed by atoms with Gasteiger partial charge in [0.15, 0.2) is 0 Å². The minimum atomic E-state index is 0.250. The maximum atomic E-state index is 3.40. The molecule has 0 radical (unpaired) electrons. The lowest BCUT2D eigenvalue weighted by molar-refractivity contribution is 0.136. The Balaban J connectivity index is 2.20. The predicted octanol–water partition coefficient (Wildman–Crippen LogP) is 4.26. The van der Waals surface area contributed by atoms with E-state index in [2.05, 4.69) is 64.3 Å². The molecule has 0 unspecified atom stereocenters.